The van der Waals surface area contributed by atoms with Crippen molar-refractivity contribution in [3.63, 3.8) is 0 Å². The van der Waals surface area contributed by atoms with Gasteiger partial charge in [0.25, 0.3) is 0 Å². The van der Waals surface area contributed by atoms with E-state index in [4.69, 9.17) is 9.94 Å². The van der Waals surface area contributed by atoms with Gasteiger partial charge in [-0.05, 0) is 0 Å². The van der Waals surface area contributed by atoms with Crippen molar-refractivity contribution in [1.82, 2.24) is 9.97 Å². The summed E-state index contributed by atoms with van der Waals surface area (Å²) in [5.74, 6) is 0.391. The summed E-state index contributed by atoms with van der Waals surface area (Å²) in [5, 5.41) is 10.9. The van der Waals surface area contributed by atoms with Gasteiger partial charge in [0.1, 0.15) is 5.69 Å². The third-order valence-corrected chi connectivity index (χ3v) is 1.03. The van der Waals surface area contributed by atoms with E-state index in [0.717, 1.165) is 0 Å². The number of rotatable bonds is 2. The summed E-state index contributed by atoms with van der Waals surface area (Å²) < 4.78 is 4.78. The molecule has 1 rings (SSSR count). The molecule has 0 aromatic carbocycles. The molecule has 1 heterocycles. The van der Waals surface area contributed by atoms with Gasteiger partial charge in [0.2, 0.25) is 5.88 Å². The first-order valence-electron chi connectivity index (χ1n) is 2.90. The minimum Gasteiger partial charge on any atom is -0.480 e. The smallest absolute Gasteiger partial charge is 0.232 e. The Bertz CT molecular complexity index is 262. The maximum Gasteiger partial charge on any atom is 0.232 e. The summed E-state index contributed by atoms with van der Waals surface area (Å²) in [6.07, 6.45) is 4.10. The zero-order valence-electron chi connectivity index (χ0n) is 5.93. The first-order chi connectivity index (χ1) is 5.36. The van der Waals surface area contributed by atoms with Crippen molar-refractivity contribution in [1.29, 1.82) is 0 Å². The van der Waals surface area contributed by atoms with Crippen molar-refractivity contribution in [2.45, 2.75) is 0 Å². The largest absolute Gasteiger partial charge is 0.480 e. The maximum atomic E-state index is 8.14. The second kappa shape index (κ2) is 3.50. The zero-order chi connectivity index (χ0) is 8.10. The molecule has 0 aliphatic carbocycles. The van der Waals surface area contributed by atoms with E-state index in [0.29, 0.717) is 11.6 Å². The van der Waals surface area contributed by atoms with E-state index in [-0.39, 0.29) is 0 Å². The van der Waals surface area contributed by atoms with E-state index >= 15 is 0 Å². The van der Waals surface area contributed by atoms with Crippen molar-refractivity contribution >= 4 is 6.21 Å². The quantitative estimate of drug-likeness (QED) is 0.376. The number of hydrogen-bond acceptors (Lipinski definition) is 5. The normalized spacial score (nSPS) is 10.3. The fourth-order valence-electron chi connectivity index (χ4n) is 0.582. The number of aromatic nitrogens is 2. The van der Waals surface area contributed by atoms with Crippen LogP contribution in [0.15, 0.2) is 17.5 Å². The second-order valence-electron chi connectivity index (χ2n) is 1.73. The van der Waals surface area contributed by atoms with E-state index in [1.54, 1.807) is 0 Å². The average molecular weight is 153 g/mol. The van der Waals surface area contributed by atoms with E-state index in [9.17, 15) is 0 Å². The van der Waals surface area contributed by atoms with Crippen LogP contribution in [0.2, 0.25) is 0 Å². The standard InChI is InChI=1S/C6H7N3O2/c1-11-6-4-7-2-5(9-6)3-8-10/h2-4,10H,1H3/b8-3+. The van der Waals surface area contributed by atoms with Gasteiger partial charge in [0.15, 0.2) is 0 Å². The topological polar surface area (TPSA) is 67.6 Å². The summed E-state index contributed by atoms with van der Waals surface area (Å²) in [7, 11) is 1.49. The van der Waals surface area contributed by atoms with Gasteiger partial charge >= 0.3 is 0 Å². The number of hydrogen-bond donors (Lipinski definition) is 1. The predicted molar refractivity (Wildman–Crippen MR) is 38.0 cm³/mol. The van der Waals surface area contributed by atoms with E-state index in [1.165, 1.54) is 25.7 Å². The van der Waals surface area contributed by atoms with E-state index in [2.05, 4.69) is 15.1 Å². The number of ether oxygens (including phenoxy) is 1. The zero-order valence-corrected chi connectivity index (χ0v) is 5.93. The number of oxime groups is 1. The lowest BCUT2D eigenvalue weighted by Gasteiger charge is -1.96. The van der Waals surface area contributed by atoms with Crippen LogP contribution in [0.4, 0.5) is 0 Å². The SMILES string of the molecule is COc1cncc(/C=N/O)n1. The Kier molecular flexibility index (Phi) is 2.37. The molecule has 1 aromatic rings. The summed E-state index contributed by atoms with van der Waals surface area (Å²) in [5.41, 5.74) is 0.451. The van der Waals surface area contributed by atoms with Gasteiger partial charge in [-0.25, -0.2) is 4.98 Å². The second-order valence-corrected chi connectivity index (χ2v) is 1.73. The molecule has 0 fully saturated rings. The molecule has 5 nitrogen and oxygen atoms in total. The van der Waals surface area contributed by atoms with Crippen LogP contribution in [0.3, 0.4) is 0 Å². The highest BCUT2D eigenvalue weighted by Crippen LogP contribution is 2.01. The Morgan fingerprint density at radius 2 is 2.45 bits per heavy atom. The number of methoxy groups -OCH3 is 1. The van der Waals surface area contributed by atoms with Gasteiger partial charge in [-0.15, -0.1) is 0 Å². The Balaban J connectivity index is 2.91. The van der Waals surface area contributed by atoms with Crippen LogP contribution < -0.4 is 4.74 Å². The summed E-state index contributed by atoms with van der Waals surface area (Å²) >= 11 is 0. The van der Waals surface area contributed by atoms with Gasteiger partial charge in [0, 0.05) is 0 Å². The Labute approximate surface area is 63.4 Å². The van der Waals surface area contributed by atoms with Gasteiger partial charge in [-0.3, -0.25) is 4.98 Å². The molecule has 58 valence electrons. The van der Waals surface area contributed by atoms with Crippen LogP contribution in [-0.4, -0.2) is 28.5 Å². The summed E-state index contributed by atoms with van der Waals surface area (Å²) in [4.78, 5) is 7.67. The van der Waals surface area contributed by atoms with Crippen molar-refractivity contribution in [2.24, 2.45) is 5.16 Å². The predicted octanol–water partition coefficient (Wildman–Crippen LogP) is 0.293. The third kappa shape index (κ3) is 1.89. The molecular formula is C6H7N3O2. The Hall–Kier alpha value is -1.65. The molecule has 1 aromatic heterocycles. The molecule has 0 bridgehead atoms. The van der Waals surface area contributed by atoms with Gasteiger partial charge < -0.3 is 9.94 Å². The van der Waals surface area contributed by atoms with Crippen LogP contribution in [-0.2, 0) is 0 Å². The first-order valence-corrected chi connectivity index (χ1v) is 2.90. The highest BCUT2D eigenvalue weighted by molar-refractivity contribution is 5.75. The molecule has 0 aliphatic rings. The van der Waals surface area contributed by atoms with Gasteiger partial charge in [-0.2, -0.15) is 0 Å². The van der Waals surface area contributed by atoms with Crippen LogP contribution in [0.25, 0.3) is 0 Å². The van der Waals surface area contributed by atoms with Gasteiger partial charge in [-0.1, -0.05) is 5.16 Å². The van der Waals surface area contributed by atoms with Crippen LogP contribution >= 0.6 is 0 Å². The molecule has 0 aliphatic heterocycles. The molecule has 5 heteroatoms. The van der Waals surface area contributed by atoms with Crippen LogP contribution in [0.5, 0.6) is 5.88 Å². The summed E-state index contributed by atoms with van der Waals surface area (Å²) in [6.45, 7) is 0. The average Bonchev–Trinajstić information content (AvgIpc) is 2.06. The lowest BCUT2D eigenvalue weighted by atomic mass is 10.5. The molecule has 0 unspecified atom stereocenters. The lowest BCUT2D eigenvalue weighted by molar-refractivity contribution is 0.321. The lowest BCUT2D eigenvalue weighted by Crippen LogP contribution is -1.93. The molecule has 11 heavy (non-hydrogen) atoms. The van der Waals surface area contributed by atoms with Crippen LogP contribution in [0, 0.1) is 0 Å². The van der Waals surface area contributed by atoms with E-state index < -0.39 is 0 Å². The number of nitrogens with zero attached hydrogens (tertiary/aromatic N) is 3. The van der Waals surface area contributed by atoms with Crippen molar-refractivity contribution in [3.05, 3.63) is 18.1 Å². The molecule has 0 saturated carbocycles. The molecular weight excluding hydrogens is 146 g/mol. The minimum absolute atomic E-state index is 0.391. The maximum absolute atomic E-state index is 8.14. The molecule has 0 spiro atoms. The Morgan fingerprint density at radius 1 is 1.64 bits per heavy atom. The minimum atomic E-state index is 0.391. The van der Waals surface area contributed by atoms with Gasteiger partial charge in [0.05, 0.1) is 25.7 Å². The molecule has 0 saturated heterocycles. The van der Waals surface area contributed by atoms with E-state index in [1.807, 2.05) is 0 Å². The molecule has 1 N–H and O–H groups in total. The molecule has 0 radical (unpaired) electrons. The third-order valence-electron chi connectivity index (χ3n) is 1.03. The highest BCUT2D eigenvalue weighted by Gasteiger charge is 1.93. The Morgan fingerprint density at radius 3 is 3.09 bits per heavy atom. The fourth-order valence-corrected chi connectivity index (χ4v) is 0.582. The first kappa shape index (κ1) is 7.46. The van der Waals surface area contributed by atoms with Crippen LogP contribution in [0.1, 0.15) is 5.69 Å². The van der Waals surface area contributed by atoms with Crippen molar-refractivity contribution in [3.8, 4) is 5.88 Å². The highest BCUT2D eigenvalue weighted by atomic mass is 16.5. The van der Waals surface area contributed by atoms with Crippen molar-refractivity contribution in [2.75, 3.05) is 7.11 Å². The molecule has 0 atom stereocenters. The monoisotopic (exact) mass is 153 g/mol. The summed E-state index contributed by atoms with van der Waals surface area (Å²) in [6, 6.07) is 0. The molecule has 0 amide bonds. The van der Waals surface area contributed by atoms with Crippen molar-refractivity contribution < 1.29 is 9.94 Å². The fraction of sp³-hybridized carbons (Fsp3) is 0.167.